The Bertz CT molecular complexity index is 418. The molecule has 0 saturated carbocycles. The van der Waals surface area contributed by atoms with Crippen molar-refractivity contribution in [2.45, 2.75) is 0 Å². The second kappa shape index (κ2) is 5.89. The Balaban J connectivity index is 2.77. The zero-order valence-electron chi connectivity index (χ0n) is 8.91. The number of amides is 1. The molecule has 0 aliphatic heterocycles. The van der Waals surface area contributed by atoms with Crippen LogP contribution in [0.3, 0.4) is 0 Å². The van der Waals surface area contributed by atoms with Crippen molar-refractivity contribution in [3.8, 4) is 0 Å². The zero-order valence-corrected chi connectivity index (χ0v) is 10.4. The summed E-state index contributed by atoms with van der Waals surface area (Å²) in [6.07, 6.45) is 3.03. The van der Waals surface area contributed by atoms with Gasteiger partial charge >= 0.3 is 0 Å². The van der Waals surface area contributed by atoms with Crippen LogP contribution < -0.4 is 0 Å². The average Bonchev–Trinajstić information content (AvgIpc) is 2.29. The van der Waals surface area contributed by atoms with E-state index in [1.54, 1.807) is 24.3 Å². The molecule has 0 aliphatic rings. The summed E-state index contributed by atoms with van der Waals surface area (Å²) in [5.74, 6) is -0.256. The summed E-state index contributed by atoms with van der Waals surface area (Å²) in [6, 6.07) is 5.12. The van der Waals surface area contributed by atoms with Gasteiger partial charge in [0.15, 0.2) is 0 Å². The Kier molecular flexibility index (Phi) is 4.80. The summed E-state index contributed by atoms with van der Waals surface area (Å²) in [4.78, 5) is 16.1. The van der Waals surface area contributed by atoms with E-state index < -0.39 is 0 Å². The minimum atomic E-state index is -0.256. The third-order valence-corrected chi connectivity index (χ3v) is 2.69. The zero-order chi connectivity index (χ0) is 12.1. The summed E-state index contributed by atoms with van der Waals surface area (Å²) in [5, 5.41) is 2.06. The first-order chi connectivity index (χ1) is 7.54. The van der Waals surface area contributed by atoms with Crippen LogP contribution in [0, 0.1) is 0 Å². The van der Waals surface area contributed by atoms with E-state index in [9.17, 15) is 4.79 Å². The van der Waals surface area contributed by atoms with E-state index in [0.29, 0.717) is 10.0 Å². The Morgan fingerprint density at radius 1 is 1.38 bits per heavy atom. The van der Waals surface area contributed by atoms with Crippen molar-refractivity contribution in [1.29, 1.82) is 0 Å². The quantitative estimate of drug-likeness (QED) is 0.617. The molecule has 5 heteroatoms. The molecule has 0 atom stereocenters. The molecule has 0 unspecified atom stereocenters. The number of benzene rings is 1. The van der Waals surface area contributed by atoms with Gasteiger partial charge in [-0.3, -0.25) is 9.63 Å². The van der Waals surface area contributed by atoms with Crippen molar-refractivity contribution in [3.05, 3.63) is 39.9 Å². The van der Waals surface area contributed by atoms with E-state index in [4.69, 9.17) is 28.0 Å². The molecule has 16 heavy (non-hydrogen) atoms. The lowest BCUT2D eigenvalue weighted by Gasteiger charge is -2.09. The van der Waals surface area contributed by atoms with Crippen LogP contribution in [0.15, 0.2) is 24.3 Å². The minimum Gasteiger partial charge on any atom is -0.274 e. The van der Waals surface area contributed by atoms with Crippen molar-refractivity contribution in [1.82, 2.24) is 5.06 Å². The van der Waals surface area contributed by atoms with E-state index in [1.807, 2.05) is 0 Å². The highest BCUT2D eigenvalue weighted by Crippen LogP contribution is 2.23. The Hall–Kier alpha value is -1.03. The third-order valence-electron chi connectivity index (χ3n) is 1.95. The number of likely N-dealkylation sites (N-methyl/N-ethyl adjacent to an activating group) is 1. The Morgan fingerprint density at radius 3 is 2.62 bits per heavy atom. The van der Waals surface area contributed by atoms with Crippen LogP contribution in [0.5, 0.6) is 0 Å². The molecule has 1 aromatic rings. The van der Waals surface area contributed by atoms with Crippen LogP contribution in [0.2, 0.25) is 10.0 Å². The fourth-order valence-electron chi connectivity index (χ4n) is 0.979. The fraction of sp³-hybridized carbons (Fsp3) is 0.182. The number of carbonyl (C=O) groups is 1. The number of hydrogen-bond acceptors (Lipinski definition) is 2. The highest BCUT2D eigenvalue weighted by Gasteiger charge is 2.02. The molecule has 0 heterocycles. The van der Waals surface area contributed by atoms with E-state index in [1.165, 1.54) is 20.2 Å². The molecule has 0 bridgehead atoms. The highest BCUT2D eigenvalue weighted by atomic mass is 35.5. The van der Waals surface area contributed by atoms with E-state index in [-0.39, 0.29) is 5.91 Å². The monoisotopic (exact) mass is 259 g/mol. The van der Waals surface area contributed by atoms with Crippen LogP contribution >= 0.6 is 23.2 Å². The average molecular weight is 260 g/mol. The maximum atomic E-state index is 11.4. The molecule has 86 valence electrons. The van der Waals surface area contributed by atoms with E-state index in [2.05, 4.69) is 0 Å². The highest BCUT2D eigenvalue weighted by molar-refractivity contribution is 6.42. The van der Waals surface area contributed by atoms with E-state index >= 15 is 0 Å². The molecule has 0 radical (unpaired) electrons. The third kappa shape index (κ3) is 3.52. The number of nitrogens with zero attached hydrogens (tertiary/aromatic N) is 1. The standard InChI is InChI=1S/C11H11Cl2NO2/c1-14(16-2)11(15)6-4-8-3-5-9(12)10(13)7-8/h3-7H,1-2H3/b6-4+. The maximum Gasteiger partial charge on any atom is 0.269 e. The molecule has 0 spiro atoms. The summed E-state index contributed by atoms with van der Waals surface area (Å²) in [6.45, 7) is 0. The summed E-state index contributed by atoms with van der Waals surface area (Å²) < 4.78 is 0. The lowest BCUT2D eigenvalue weighted by Crippen LogP contribution is -2.22. The molecule has 0 aromatic heterocycles. The first-order valence-electron chi connectivity index (χ1n) is 4.49. The molecule has 3 nitrogen and oxygen atoms in total. The first kappa shape index (κ1) is 13.0. The van der Waals surface area contributed by atoms with Gasteiger partial charge in [-0.1, -0.05) is 29.3 Å². The second-order valence-electron chi connectivity index (χ2n) is 3.03. The van der Waals surface area contributed by atoms with Gasteiger partial charge in [-0.15, -0.1) is 0 Å². The van der Waals surface area contributed by atoms with Gasteiger partial charge in [0, 0.05) is 13.1 Å². The lowest BCUT2D eigenvalue weighted by atomic mass is 10.2. The topological polar surface area (TPSA) is 29.5 Å². The van der Waals surface area contributed by atoms with Gasteiger partial charge in [0.1, 0.15) is 0 Å². The van der Waals surface area contributed by atoms with Gasteiger partial charge < -0.3 is 0 Å². The molecule has 0 fully saturated rings. The Morgan fingerprint density at radius 2 is 2.06 bits per heavy atom. The van der Waals surface area contributed by atoms with Gasteiger partial charge in [-0.25, -0.2) is 5.06 Å². The summed E-state index contributed by atoms with van der Waals surface area (Å²) in [7, 11) is 2.95. The smallest absolute Gasteiger partial charge is 0.269 e. The van der Waals surface area contributed by atoms with Crippen molar-refractivity contribution in [2.24, 2.45) is 0 Å². The molecule has 0 aliphatic carbocycles. The SMILES string of the molecule is CON(C)C(=O)/C=C/c1ccc(Cl)c(Cl)c1. The molecule has 0 N–H and O–H groups in total. The van der Waals surface area contributed by atoms with Crippen LogP contribution in [0.4, 0.5) is 0 Å². The maximum absolute atomic E-state index is 11.4. The van der Waals surface area contributed by atoms with Crippen LogP contribution in [0.1, 0.15) is 5.56 Å². The number of rotatable bonds is 3. The van der Waals surface area contributed by atoms with Crippen LogP contribution in [-0.2, 0) is 9.63 Å². The largest absolute Gasteiger partial charge is 0.274 e. The second-order valence-corrected chi connectivity index (χ2v) is 3.84. The summed E-state index contributed by atoms with van der Waals surface area (Å²) in [5.41, 5.74) is 0.798. The number of hydroxylamine groups is 2. The molecular weight excluding hydrogens is 249 g/mol. The van der Waals surface area contributed by atoms with Crippen molar-refractivity contribution >= 4 is 35.2 Å². The van der Waals surface area contributed by atoms with Gasteiger partial charge in [0.05, 0.1) is 17.2 Å². The predicted molar refractivity (Wildman–Crippen MR) is 65.3 cm³/mol. The van der Waals surface area contributed by atoms with Crippen molar-refractivity contribution in [3.63, 3.8) is 0 Å². The number of halogens is 2. The van der Waals surface area contributed by atoms with Crippen molar-refractivity contribution < 1.29 is 9.63 Å². The van der Waals surface area contributed by atoms with Gasteiger partial charge in [-0.2, -0.15) is 0 Å². The van der Waals surface area contributed by atoms with Gasteiger partial charge in [0.25, 0.3) is 5.91 Å². The fourth-order valence-corrected chi connectivity index (χ4v) is 1.29. The number of carbonyl (C=O) groups excluding carboxylic acids is 1. The van der Waals surface area contributed by atoms with Crippen LogP contribution in [0.25, 0.3) is 6.08 Å². The molecule has 1 rings (SSSR count). The molecule has 0 saturated heterocycles. The lowest BCUT2D eigenvalue weighted by molar-refractivity contribution is -0.162. The Labute approximate surface area is 104 Å². The molecule has 1 amide bonds. The van der Waals surface area contributed by atoms with E-state index in [0.717, 1.165) is 10.6 Å². The van der Waals surface area contributed by atoms with Gasteiger partial charge in [0.2, 0.25) is 0 Å². The first-order valence-corrected chi connectivity index (χ1v) is 5.25. The summed E-state index contributed by atoms with van der Waals surface area (Å²) >= 11 is 11.6. The minimum absolute atomic E-state index is 0.256. The predicted octanol–water partition coefficient (Wildman–Crippen LogP) is 3.03. The molecular formula is C11H11Cl2NO2. The van der Waals surface area contributed by atoms with Gasteiger partial charge in [-0.05, 0) is 23.8 Å². The normalized spacial score (nSPS) is 10.8. The molecule has 1 aromatic carbocycles. The van der Waals surface area contributed by atoms with Crippen molar-refractivity contribution in [2.75, 3.05) is 14.2 Å². The number of hydrogen-bond donors (Lipinski definition) is 0. The van der Waals surface area contributed by atoms with Crippen LogP contribution in [-0.4, -0.2) is 25.1 Å².